The van der Waals surface area contributed by atoms with Crippen molar-refractivity contribution >= 4 is 15.7 Å². The van der Waals surface area contributed by atoms with Crippen LogP contribution in [0.5, 0.6) is 0 Å². The number of benzene rings is 1. The zero-order valence-electron chi connectivity index (χ0n) is 11.1. The topological polar surface area (TPSA) is 90.0 Å². The van der Waals surface area contributed by atoms with Crippen molar-refractivity contribution in [3.8, 4) is 0 Å². The summed E-state index contributed by atoms with van der Waals surface area (Å²) in [7, 11) is -2.22. The Morgan fingerprint density at radius 2 is 2.15 bits per heavy atom. The second-order valence-corrected chi connectivity index (χ2v) is 6.16. The standard InChI is InChI=1S/C12H15FN4O2S/c1-8-9(7-17(2)16-8)6-15-20(18,19)12-5-10(14)3-4-11(12)13/h3-5,7,15H,6,14H2,1-2H3. The quantitative estimate of drug-likeness (QED) is 0.822. The first-order valence-electron chi connectivity index (χ1n) is 5.83. The molecule has 6 nitrogen and oxygen atoms in total. The van der Waals surface area contributed by atoms with E-state index in [0.29, 0.717) is 5.69 Å². The first-order valence-corrected chi connectivity index (χ1v) is 7.32. The molecule has 0 aliphatic rings. The van der Waals surface area contributed by atoms with Gasteiger partial charge in [-0.05, 0) is 25.1 Å². The number of aromatic nitrogens is 2. The van der Waals surface area contributed by atoms with Gasteiger partial charge in [-0.3, -0.25) is 4.68 Å². The van der Waals surface area contributed by atoms with E-state index in [9.17, 15) is 12.8 Å². The van der Waals surface area contributed by atoms with Crippen LogP contribution < -0.4 is 10.5 Å². The number of aryl methyl sites for hydroxylation is 2. The minimum Gasteiger partial charge on any atom is -0.399 e. The molecular formula is C12H15FN4O2S. The van der Waals surface area contributed by atoms with Gasteiger partial charge in [0.05, 0.1) is 5.69 Å². The van der Waals surface area contributed by atoms with Crippen molar-refractivity contribution in [1.82, 2.24) is 14.5 Å². The zero-order valence-corrected chi connectivity index (χ0v) is 11.9. The van der Waals surface area contributed by atoms with Crippen molar-refractivity contribution in [3.05, 3.63) is 41.5 Å². The molecule has 0 fully saturated rings. The second-order valence-electron chi connectivity index (χ2n) is 4.43. The summed E-state index contributed by atoms with van der Waals surface area (Å²) < 4.78 is 41.6. The van der Waals surface area contributed by atoms with Crippen LogP contribution in [0.25, 0.3) is 0 Å². The molecule has 3 N–H and O–H groups in total. The Morgan fingerprint density at radius 3 is 2.75 bits per heavy atom. The number of nitrogen functional groups attached to an aromatic ring is 1. The second kappa shape index (κ2) is 5.22. The number of hydrogen-bond acceptors (Lipinski definition) is 4. The summed E-state index contributed by atoms with van der Waals surface area (Å²) >= 11 is 0. The van der Waals surface area contributed by atoms with Crippen LogP contribution in [0, 0.1) is 12.7 Å². The van der Waals surface area contributed by atoms with Crippen LogP contribution in [0.3, 0.4) is 0 Å². The Bertz CT molecular complexity index is 740. The van der Waals surface area contributed by atoms with Gasteiger partial charge in [0.25, 0.3) is 0 Å². The molecule has 1 aromatic heterocycles. The van der Waals surface area contributed by atoms with E-state index in [2.05, 4.69) is 9.82 Å². The summed E-state index contributed by atoms with van der Waals surface area (Å²) in [6.07, 6.45) is 1.70. The number of anilines is 1. The SMILES string of the molecule is Cc1nn(C)cc1CNS(=O)(=O)c1cc(N)ccc1F. The highest BCUT2D eigenvalue weighted by Crippen LogP contribution is 2.18. The maximum Gasteiger partial charge on any atom is 0.243 e. The van der Waals surface area contributed by atoms with E-state index >= 15 is 0 Å². The Hall–Kier alpha value is -1.93. The summed E-state index contributed by atoms with van der Waals surface area (Å²) in [5.41, 5.74) is 7.11. The highest BCUT2D eigenvalue weighted by Gasteiger charge is 2.19. The van der Waals surface area contributed by atoms with E-state index in [0.717, 1.165) is 17.7 Å². The molecular weight excluding hydrogens is 283 g/mol. The molecule has 0 spiro atoms. The van der Waals surface area contributed by atoms with Gasteiger partial charge >= 0.3 is 0 Å². The molecule has 108 valence electrons. The number of nitrogens with zero attached hydrogens (tertiary/aromatic N) is 2. The lowest BCUT2D eigenvalue weighted by atomic mass is 10.3. The normalized spacial score (nSPS) is 11.8. The molecule has 2 aromatic rings. The Kier molecular flexibility index (Phi) is 3.78. The molecule has 1 aromatic carbocycles. The Balaban J connectivity index is 2.23. The average molecular weight is 298 g/mol. The van der Waals surface area contributed by atoms with Crippen molar-refractivity contribution < 1.29 is 12.8 Å². The summed E-state index contributed by atoms with van der Waals surface area (Å²) in [5.74, 6) is -0.838. The number of rotatable bonds is 4. The third-order valence-electron chi connectivity index (χ3n) is 2.81. The van der Waals surface area contributed by atoms with E-state index in [-0.39, 0.29) is 12.2 Å². The average Bonchev–Trinajstić information content (AvgIpc) is 2.68. The molecule has 20 heavy (non-hydrogen) atoms. The van der Waals surface area contributed by atoms with Gasteiger partial charge in [-0.15, -0.1) is 0 Å². The van der Waals surface area contributed by atoms with E-state index in [1.54, 1.807) is 24.9 Å². The van der Waals surface area contributed by atoms with Crippen LogP contribution in [-0.4, -0.2) is 18.2 Å². The summed E-state index contributed by atoms with van der Waals surface area (Å²) in [6, 6.07) is 3.42. The summed E-state index contributed by atoms with van der Waals surface area (Å²) in [6.45, 7) is 1.81. The molecule has 0 unspecified atom stereocenters. The largest absolute Gasteiger partial charge is 0.399 e. The maximum atomic E-state index is 13.6. The molecule has 0 bridgehead atoms. The first kappa shape index (κ1) is 14.5. The minimum atomic E-state index is -3.96. The van der Waals surface area contributed by atoms with Crippen LogP contribution >= 0.6 is 0 Å². The van der Waals surface area contributed by atoms with E-state index in [1.807, 2.05) is 0 Å². The van der Waals surface area contributed by atoms with Gasteiger partial charge in [0.1, 0.15) is 10.7 Å². The van der Waals surface area contributed by atoms with Gasteiger partial charge < -0.3 is 5.73 Å². The molecule has 1 heterocycles. The van der Waals surface area contributed by atoms with Crippen LogP contribution in [-0.2, 0) is 23.6 Å². The van der Waals surface area contributed by atoms with Crippen molar-refractivity contribution in [2.24, 2.45) is 7.05 Å². The Labute approximate surface area is 116 Å². The molecule has 0 atom stereocenters. The van der Waals surface area contributed by atoms with Gasteiger partial charge in [-0.2, -0.15) is 5.10 Å². The van der Waals surface area contributed by atoms with Crippen LogP contribution in [0.1, 0.15) is 11.3 Å². The molecule has 8 heteroatoms. The van der Waals surface area contributed by atoms with E-state index < -0.39 is 20.7 Å². The number of sulfonamides is 1. The molecule has 0 amide bonds. The molecule has 0 saturated heterocycles. The highest BCUT2D eigenvalue weighted by molar-refractivity contribution is 7.89. The maximum absolute atomic E-state index is 13.6. The fraction of sp³-hybridized carbons (Fsp3) is 0.250. The fourth-order valence-corrected chi connectivity index (χ4v) is 2.92. The van der Waals surface area contributed by atoms with E-state index in [4.69, 9.17) is 5.73 Å². The van der Waals surface area contributed by atoms with Gasteiger partial charge in [0.2, 0.25) is 10.0 Å². The fourth-order valence-electron chi connectivity index (χ4n) is 1.80. The molecule has 0 saturated carbocycles. The van der Waals surface area contributed by atoms with Crippen molar-refractivity contribution in [2.75, 3.05) is 5.73 Å². The number of nitrogens with two attached hydrogens (primary N) is 1. The predicted octanol–water partition coefficient (Wildman–Crippen LogP) is 0.928. The predicted molar refractivity (Wildman–Crippen MR) is 72.8 cm³/mol. The van der Waals surface area contributed by atoms with Crippen molar-refractivity contribution in [2.45, 2.75) is 18.4 Å². The van der Waals surface area contributed by atoms with Crippen LogP contribution in [0.2, 0.25) is 0 Å². The molecule has 0 aliphatic carbocycles. The van der Waals surface area contributed by atoms with E-state index in [1.165, 1.54) is 6.07 Å². The third-order valence-corrected chi connectivity index (χ3v) is 4.23. The number of halogens is 1. The molecule has 0 aliphatic heterocycles. The lowest BCUT2D eigenvalue weighted by molar-refractivity contribution is 0.557. The van der Waals surface area contributed by atoms with Crippen molar-refractivity contribution in [3.63, 3.8) is 0 Å². The van der Waals surface area contributed by atoms with Gasteiger partial charge in [0.15, 0.2) is 0 Å². The van der Waals surface area contributed by atoms with Gasteiger partial charge in [0, 0.05) is 31.0 Å². The van der Waals surface area contributed by atoms with Crippen LogP contribution in [0.4, 0.5) is 10.1 Å². The minimum absolute atomic E-state index is 0.0379. The Morgan fingerprint density at radius 1 is 1.45 bits per heavy atom. The molecule has 2 rings (SSSR count). The lowest BCUT2D eigenvalue weighted by Crippen LogP contribution is -2.24. The number of hydrogen-bond donors (Lipinski definition) is 2. The monoisotopic (exact) mass is 298 g/mol. The summed E-state index contributed by atoms with van der Waals surface area (Å²) in [5, 5.41) is 4.10. The van der Waals surface area contributed by atoms with Gasteiger partial charge in [-0.1, -0.05) is 0 Å². The number of nitrogens with one attached hydrogen (secondary N) is 1. The highest BCUT2D eigenvalue weighted by atomic mass is 32.2. The zero-order chi connectivity index (χ0) is 14.9. The van der Waals surface area contributed by atoms with Gasteiger partial charge in [-0.25, -0.2) is 17.5 Å². The first-order chi connectivity index (χ1) is 9.29. The third kappa shape index (κ3) is 2.97. The summed E-state index contributed by atoms with van der Waals surface area (Å²) in [4.78, 5) is -0.459. The van der Waals surface area contributed by atoms with Crippen molar-refractivity contribution in [1.29, 1.82) is 0 Å². The molecule has 0 radical (unpaired) electrons. The smallest absolute Gasteiger partial charge is 0.243 e. The van der Waals surface area contributed by atoms with Crippen LogP contribution in [0.15, 0.2) is 29.3 Å². The lowest BCUT2D eigenvalue weighted by Gasteiger charge is -2.08.